The van der Waals surface area contributed by atoms with Crippen LogP contribution in [0, 0.1) is 0 Å². The normalized spacial score (nSPS) is 11.3. The Bertz CT molecular complexity index is 879. The van der Waals surface area contributed by atoms with Crippen molar-refractivity contribution in [1.82, 2.24) is 24.8 Å². The summed E-state index contributed by atoms with van der Waals surface area (Å²) < 4.78 is 3.11. The van der Waals surface area contributed by atoms with Crippen LogP contribution >= 0.6 is 39.9 Å². The lowest BCUT2D eigenvalue weighted by atomic mass is 10.2. The van der Waals surface area contributed by atoms with Crippen LogP contribution in [0.2, 0.25) is 0 Å². The predicted molar refractivity (Wildman–Crippen MR) is 119 cm³/mol. The predicted octanol–water partition coefficient (Wildman–Crippen LogP) is 3.36. The number of halogens is 2. The van der Waals surface area contributed by atoms with Gasteiger partial charge in [-0.1, -0.05) is 40.2 Å². The quantitative estimate of drug-likeness (QED) is 0.313. The van der Waals surface area contributed by atoms with Gasteiger partial charge in [-0.15, -0.1) is 34.2 Å². The summed E-state index contributed by atoms with van der Waals surface area (Å²) >= 11 is 3.59. The van der Waals surface area contributed by atoms with Gasteiger partial charge in [-0.05, 0) is 23.8 Å². The van der Waals surface area contributed by atoms with Crippen molar-refractivity contribution < 1.29 is 0 Å². The van der Waals surface area contributed by atoms with Crippen LogP contribution in [0.4, 0.5) is 0 Å². The number of aliphatic imine (C=N–C) groups is 1. The molecule has 0 saturated carbocycles. The molecule has 8 heteroatoms. The molecule has 3 rings (SSSR count). The molecule has 0 fully saturated rings. The van der Waals surface area contributed by atoms with E-state index in [0.29, 0.717) is 0 Å². The summed E-state index contributed by atoms with van der Waals surface area (Å²) in [4.78, 5) is 6.47. The SMILES string of the molecule is CN=C(NCCc1nnc2ccccn12)N(C)Cc1ccccc1Br.I. The van der Waals surface area contributed by atoms with Gasteiger partial charge < -0.3 is 10.2 Å². The van der Waals surface area contributed by atoms with Gasteiger partial charge in [0.05, 0.1) is 0 Å². The minimum atomic E-state index is 0. The molecular formula is C18H22BrIN6. The van der Waals surface area contributed by atoms with Crippen LogP contribution in [0.25, 0.3) is 5.65 Å². The molecule has 0 aliphatic heterocycles. The Kier molecular flexibility index (Phi) is 7.83. The minimum absolute atomic E-state index is 0. The van der Waals surface area contributed by atoms with Crippen molar-refractivity contribution in [3.05, 3.63) is 64.5 Å². The molecule has 0 bridgehead atoms. The average Bonchev–Trinajstić information content (AvgIpc) is 3.04. The van der Waals surface area contributed by atoms with E-state index in [1.54, 1.807) is 7.05 Å². The molecule has 2 heterocycles. The zero-order chi connectivity index (χ0) is 17.6. The van der Waals surface area contributed by atoms with Crippen LogP contribution in [0.15, 0.2) is 58.1 Å². The molecule has 0 aliphatic rings. The molecule has 0 radical (unpaired) electrons. The fourth-order valence-corrected chi connectivity index (χ4v) is 3.10. The average molecular weight is 529 g/mol. The van der Waals surface area contributed by atoms with E-state index < -0.39 is 0 Å². The van der Waals surface area contributed by atoms with Crippen molar-refractivity contribution in [3.63, 3.8) is 0 Å². The number of hydrogen-bond donors (Lipinski definition) is 1. The smallest absolute Gasteiger partial charge is 0.193 e. The molecule has 0 atom stereocenters. The molecule has 2 aromatic heterocycles. The molecule has 26 heavy (non-hydrogen) atoms. The first-order valence-electron chi connectivity index (χ1n) is 8.13. The Balaban J connectivity index is 0.00000243. The molecular weight excluding hydrogens is 507 g/mol. The molecule has 0 saturated heterocycles. The van der Waals surface area contributed by atoms with E-state index in [0.717, 1.165) is 41.4 Å². The third-order valence-corrected chi connectivity index (χ3v) is 4.73. The van der Waals surface area contributed by atoms with Gasteiger partial charge in [-0.2, -0.15) is 0 Å². The summed E-state index contributed by atoms with van der Waals surface area (Å²) in [6.45, 7) is 1.51. The third kappa shape index (κ3) is 4.94. The van der Waals surface area contributed by atoms with E-state index in [1.807, 2.05) is 48.0 Å². The molecule has 0 spiro atoms. The van der Waals surface area contributed by atoms with E-state index >= 15 is 0 Å². The van der Waals surface area contributed by atoms with Gasteiger partial charge in [-0.25, -0.2) is 0 Å². The van der Waals surface area contributed by atoms with Gasteiger partial charge in [0.25, 0.3) is 0 Å². The standard InChI is InChI=1S/C18H21BrN6.HI/c1-20-18(24(2)13-14-7-3-4-8-15(14)19)21-11-10-17-23-22-16-9-5-6-12-25(16)17;/h3-9,12H,10-11,13H2,1-2H3,(H,20,21);1H. The zero-order valence-electron chi connectivity index (χ0n) is 14.8. The Hall–Kier alpha value is -1.68. The summed E-state index contributed by atoms with van der Waals surface area (Å²) in [5.41, 5.74) is 2.09. The lowest BCUT2D eigenvalue weighted by molar-refractivity contribution is 0.476. The number of hydrogen-bond acceptors (Lipinski definition) is 3. The molecule has 0 amide bonds. The molecule has 1 N–H and O–H groups in total. The van der Waals surface area contributed by atoms with Crippen LogP contribution < -0.4 is 5.32 Å². The van der Waals surface area contributed by atoms with E-state index in [9.17, 15) is 0 Å². The number of aromatic nitrogens is 3. The van der Waals surface area contributed by atoms with Gasteiger partial charge in [0.1, 0.15) is 5.82 Å². The van der Waals surface area contributed by atoms with Gasteiger partial charge >= 0.3 is 0 Å². The van der Waals surface area contributed by atoms with Crippen LogP contribution in [0.1, 0.15) is 11.4 Å². The number of pyridine rings is 1. The highest BCUT2D eigenvalue weighted by molar-refractivity contribution is 14.0. The number of benzene rings is 1. The van der Waals surface area contributed by atoms with Crippen molar-refractivity contribution in [2.45, 2.75) is 13.0 Å². The second kappa shape index (κ2) is 9.86. The molecule has 0 aliphatic carbocycles. The summed E-state index contributed by atoms with van der Waals surface area (Å²) in [6.07, 6.45) is 2.76. The second-order valence-corrected chi connectivity index (χ2v) is 6.57. The highest BCUT2D eigenvalue weighted by atomic mass is 127. The highest BCUT2D eigenvalue weighted by Crippen LogP contribution is 2.17. The fraction of sp³-hybridized carbons (Fsp3) is 0.278. The summed E-state index contributed by atoms with van der Waals surface area (Å²) in [5, 5.41) is 11.8. The van der Waals surface area contributed by atoms with Gasteiger partial charge in [0, 0.05) is 44.3 Å². The molecule has 1 aromatic carbocycles. The monoisotopic (exact) mass is 528 g/mol. The number of nitrogens with zero attached hydrogens (tertiary/aromatic N) is 5. The minimum Gasteiger partial charge on any atom is -0.356 e. The molecule has 0 unspecified atom stereocenters. The van der Waals surface area contributed by atoms with Crippen LogP contribution in [0.3, 0.4) is 0 Å². The van der Waals surface area contributed by atoms with Crippen molar-refractivity contribution in [3.8, 4) is 0 Å². The van der Waals surface area contributed by atoms with Crippen molar-refractivity contribution in [1.29, 1.82) is 0 Å². The van der Waals surface area contributed by atoms with Crippen molar-refractivity contribution >= 4 is 51.5 Å². The lowest BCUT2D eigenvalue weighted by Crippen LogP contribution is -2.39. The number of fused-ring (bicyclic) bond motifs is 1. The van der Waals surface area contributed by atoms with Crippen LogP contribution in [0.5, 0.6) is 0 Å². The molecule has 3 aromatic rings. The largest absolute Gasteiger partial charge is 0.356 e. The first kappa shape index (κ1) is 20.6. The van der Waals surface area contributed by atoms with Crippen LogP contribution in [-0.2, 0) is 13.0 Å². The Morgan fingerprint density at radius 1 is 1.19 bits per heavy atom. The first-order chi connectivity index (χ1) is 12.2. The molecule has 138 valence electrons. The summed E-state index contributed by atoms with van der Waals surface area (Å²) in [7, 11) is 3.83. The third-order valence-electron chi connectivity index (χ3n) is 3.95. The Morgan fingerprint density at radius 2 is 1.96 bits per heavy atom. The number of guanidine groups is 1. The number of nitrogens with one attached hydrogen (secondary N) is 1. The summed E-state index contributed by atoms with van der Waals surface area (Å²) in [6, 6.07) is 14.1. The lowest BCUT2D eigenvalue weighted by Gasteiger charge is -2.22. The van der Waals surface area contributed by atoms with Gasteiger partial charge in [0.2, 0.25) is 0 Å². The topological polar surface area (TPSA) is 57.8 Å². The first-order valence-corrected chi connectivity index (χ1v) is 8.92. The van der Waals surface area contributed by atoms with Crippen LogP contribution in [-0.4, -0.2) is 46.1 Å². The van der Waals surface area contributed by atoms with E-state index in [2.05, 4.69) is 53.5 Å². The second-order valence-electron chi connectivity index (χ2n) is 5.72. The summed E-state index contributed by atoms with van der Waals surface area (Å²) in [5.74, 6) is 1.79. The maximum atomic E-state index is 4.37. The fourth-order valence-electron chi connectivity index (χ4n) is 2.69. The molecule has 6 nitrogen and oxygen atoms in total. The number of rotatable bonds is 5. The van der Waals surface area contributed by atoms with Crippen molar-refractivity contribution in [2.24, 2.45) is 4.99 Å². The van der Waals surface area contributed by atoms with E-state index in [1.165, 1.54) is 5.56 Å². The van der Waals surface area contributed by atoms with Gasteiger partial charge in [0.15, 0.2) is 11.6 Å². The maximum absolute atomic E-state index is 4.37. The Labute approximate surface area is 178 Å². The highest BCUT2D eigenvalue weighted by Gasteiger charge is 2.09. The van der Waals surface area contributed by atoms with E-state index in [-0.39, 0.29) is 24.0 Å². The Morgan fingerprint density at radius 3 is 2.73 bits per heavy atom. The maximum Gasteiger partial charge on any atom is 0.193 e. The van der Waals surface area contributed by atoms with E-state index in [4.69, 9.17) is 0 Å². The zero-order valence-corrected chi connectivity index (χ0v) is 18.7. The van der Waals surface area contributed by atoms with Gasteiger partial charge in [-0.3, -0.25) is 9.39 Å². The van der Waals surface area contributed by atoms with Crippen molar-refractivity contribution in [2.75, 3.05) is 20.6 Å².